The van der Waals surface area contributed by atoms with Crippen LogP contribution < -0.4 is 14.8 Å². The average molecular weight is 458 g/mol. The smallest absolute Gasteiger partial charge is 0.276 e. The Kier molecular flexibility index (Phi) is 5.89. The quantitative estimate of drug-likeness (QED) is 0.670. The predicted octanol–water partition coefficient (Wildman–Crippen LogP) is 1.37. The first-order valence-corrected chi connectivity index (χ1v) is 11.2. The predicted molar refractivity (Wildman–Crippen MR) is 111 cm³/mol. The van der Waals surface area contributed by atoms with Crippen molar-refractivity contribution in [1.82, 2.24) is 9.29 Å². The van der Waals surface area contributed by atoms with Crippen molar-refractivity contribution in [2.24, 2.45) is 13.0 Å². The van der Waals surface area contributed by atoms with Gasteiger partial charge < -0.3 is 19.4 Å². The maximum Gasteiger partial charge on any atom is 0.276 e. The number of amides is 1. The van der Waals surface area contributed by atoms with Crippen LogP contribution in [0, 0.1) is 34.9 Å². The summed E-state index contributed by atoms with van der Waals surface area (Å²) < 4.78 is 53.9. The number of carbonyl (C=O) groups is 1. The van der Waals surface area contributed by atoms with E-state index in [0.717, 1.165) is 6.07 Å². The molecule has 2 aliphatic rings. The number of rotatable bonds is 3. The van der Waals surface area contributed by atoms with E-state index in [1.807, 2.05) is 0 Å². The second kappa shape index (κ2) is 8.63. The van der Waals surface area contributed by atoms with Crippen molar-refractivity contribution in [2.45, 2.75) is 17.4 Å². The van der Waals surface area contributed by atoms with Crippen LogP contribution in [-0.4, -0.2) is 44.8 Å². The van der Waals surface area contributed by atoms with Crippen LogP contribution in [0.3, 0.4) is 0 Å². The van der Waals surface area contributed by atoms with Gasteiger partial charge in [0.05, 0.1) is 30.7 Å². The summed E-state index contributed by atoms with van der Waals surface area (Å²) >= 11 is 0. The monoisotopic (exact) mass is 458 g/mol. The minimum atomic E-state index is -3.96. The average Bonchev–Trinajstić information content (AvgIpc) is 3.00. The highest BCUT2D eigenvalue weighted by Gasteiger charge is 2.34. The summed E-state index contributed by atoms with van der Waals surface area (Å²) in [6.45, 7) is 1.14. The highest BCUT2D eigenvalue weighted by molar-refractivity contribution is 7.89. The summed E-state index contributed by atoms with van der Waals surface area (Å²) in [6, 6.07) is 4.67. The van der Waals surface area contributed by atoms with E-state index < -0.39 is 27.8 Å². The Bertz CT molecular complexity index is 1280. The van der Waals surface area contributed by atoms with Crippen LogP contribution in [0.5, 0.6) is 5.75 Å². The van der Waals surface area contributed by atoms with Crippen molar-refractivity contribution in [3.63, 3.8) is 0 Å². The third-order valence-electron chi connectivity index (χ3n) is 5.00. The fraction of sp³-hybridized carbons (Fsp3) is 0.333. The minimum Gasteiger partial charge on any atom is -0.488 e. The number of hydrogen-bond acceptors (Lipinski definition) is 6. The van der Waals surface area contributed by atoms with E-state index in [2.05, 4.69) is 21.9 Å². The molecule has 9 nitrogen and oxygen atoms in total. The van der Waals surface area contributed by atoms with Crippen molar-refractivity contribution in [2.75, 3.05) is 25.1 Å². The van der Waals surface area contributed by atoms with E-state index in [1.165, 1.54) is 29.9 Å². The number of anilines is 1. The second-order valence-electron chi connectivity index (χ2n) is 7.43. The van der Waals surface area contributed by atoms with Crippen LogP contribution in [-0.2, 0) is 21.8 Å². The first kappa shape index (κ1) is 21.8. The fourth-order valence-electron chi connectivity index (χ4n) is 3.30. The molecule has 4 rings (SSSR count). The number of aromatic nitrogens is 1. The van der Waals surface area contributed by atoms with Crippen molar-refractivity contribution >= 4 is 21.6 Å². The van der Waals surface area contributed by atoms with Gasteiger partial charge in [-0.25, -0.2) is 17.5 Å². The van der Waals surface area contributed by atoms with Gasteiger partial charge in [0.15, 0.2) is 11.4 Å². The van der Waals surface area contributed by atoms with Crippen molar-refractivity contribution in [3.8, 4) is 23.7 Å². The van der Waals surface area contributed by atoms with E-state index in [9.17, 15) is 17.6 Å². The Hall–Kier alpha value is -3.38. The number of fused-ring (bicyclic) bond motifs is 1. The highest BCUT2D eigenvalue weighted by Crippen LogP contribution is 2.33. The molecule has 3 heterocycles. The Balaban J connectivity index is 1.57. The molecule has 1 atom stereocenters. The number of halogens is 1. The van der Waals surface area contributed by atoms with Gasteiger partial charge >= 0.3 is 0 Å². The molecule has 0 aliphatic carbocycles. The molecule has 2 N–H and O–H groups in total. The van der Waals surface area contributed by atoms with Gasteiger partial charge in [0.25, 0.3) is 5.91 Å². The summed E-state index contributed by atoms with van der Waals surface area (Å²) in [5, 5.41) is 11.5. The lowest BCUT2D eigenvalue weighted by atomic mass is 10.1. The molecule has 1 saturated heterocycles. The summed E-state index contributed by atoms with van der Waals surface area (Å²) in [6.07, 6.45) is 1.54. The third-order valence-corrected chi connectivity index (χ3v) is 6.51. The van der Waals surface area contributed by atoms with Gasteiger partial charge in [-0.15, -0.1) is 5.92 Å². The molecular formula is C21H19FN4O5S. The SMILES string of the molecule is Cn1cc2c(c1C(=O)Nc1ccc(F)c(C#N)c1)OC[C@@H](CC#CC1COC1)NS2(=O)=O. The minimum absolute atomic E-state index is 0.0124. The number of carbonyl (C=O) groups excluding carboxylic acids is 1. The molecule has 0 spiro atoms. The zero-order valence-corrected chi connectivity index (χ0v) is 17.8. The molecule has 32 heavy (non-hydrogen) atoms. The largest absolute Gasteiger partial charge is 0.488 e. The zero-order chi connectivity index (χ0) is 22.9. The van der Waals surface area contributed by atoms with Crippen molar-refractivity contribution < 1.29 is 27.1 Å². The van der Waals surface area contributed by atoms with Gasteiger partial charge in [-0.1, -0.05) is 5.92 Å². The molecule has 1 aromatic carbocycles. The third kappa shape index (κ3) is 4.32. The van der Waals surface area contributed by atoms with E-state index >= 15 is 0 Å². The van der Waals surface area contributed by atoms with E-state index in [-0.39, 0.29) is 46.5 Å². The number of sulfonamides is 1. The molecule has 0 radical (unpaired) electrons. The summed E-state index contributed by atoms with van der Waals surface area (Å²) in [4.78, 5) is 12.7. The number of aryl methyl sites for hydroxylation is 1. The Morgan fingerprint density at radius 3 is 2.84 bits per heavy atom. The Morgan fingerprint density at radius 1 is 1.38 bits per heavy atom. The number of nitrogens with zero attached hydrogens (tertiary/aromatic N) is 2. The van der Waals surface area contributed by atoms with Gasteiger partial charge in [-0.05, 0) is 18.2 Å². The topological polar surface area (TPSA) is 122 Å². The molecule has 1 aromatic heterocycles. The molecule has 1 fully saturated rings. The van der Waals surface area contributed by atoms with Crippen molar-refractivity contribution in [1.29, 1.82) is 5.26 Å². The lowest BCUT2D eigenvalue weighted by Crippen LogP contribution is -2.36. The van der Waals surface area contributed by atoms with Gasteiger partial charge in [-0.3, -0.25) is 4.79 Å². The Morgan fingerprint density at radius 2 is 2.16 bits per heavy atom. The normalized spacial score (nSPS) is 19.2. The van der Waals surface area contributed by atoms with Gasteiger partial charge in [0.2, 0.25) is 10.0 Å². The van der Waals surface area contributed by atoms with Crippen LogP contribution in [0.25, 0.3) is 0 Å². The lowest BCUT2D eigenvalue weighted by Gasteiger charge is -2.20. The number of hydrogen-bond donors (Lipinski definition) is 2. The molecule has 0 unspecified atom stereocenters. The van der Waals surface area contributed by atoms with Crippen LogP contribution >= 0.6 is 0 Å². The Labute approximate surface area is 184 Å². The molecule has 2 aliphatic heterocycles. The summed E-state index contributed by atoms with van der Waals surface area (Å²) in [5.74, 6) is 4.70. The number of nitriles is 1. The van der Waals surface area contributed by atoms with Crippen LogP contribution in [0.4, 0.5) is 10.1 Å². The summed E-state index contributed by atoms with van der Waals surface area (Å²) in [5.41, 5.74) is -0.0638. The first-order chi connectivity index (χ1) is 15.3. The highest BCUT2D eigenvalue weighted by atomic mass is 32.2. The van der Waals surface area contributed by atoms with Crippen LogP contribution in [0.2, 0.25) is 0 Å². The molecule has 0 saturated carbocycles. The lowest BCUT2D eigenvalue weighted by molar-refractivity contribution is -0.00306. The first-order valence-electron chi connectivity index (χ1n) is 9.70. The number of benzene rings is 1. The number of ether oxygens (including phenoxy) is 2. The molecule has 2 aromatic rings. The number of nitrogens with one attached hydrogen (secondary N) is 2. The molecule has 1 amide bonds. The van der Waals surface area contributed by atoms with Gasteiger partial charge in [0.1, 0.15) is 23.4 Å². The molecule has 0 bridgehead atoms. The fourth-order valence-corrected chi connectivity index (χ4v) is 4.71. The van der Waals surface area contributed by atoms with E-state index in [0.29, 0.717) is 13.2 Å². The maximum atomic E-state index is 13.5. The zero-order valence-electron chi connectivity index (χ0n) is 17.0. The van der Waals surface area contributed by atoms with Crippen molar-refractivity contribution in [3.05, 3.63) is 41.5 Å². The van der Waals surface area contributed by atoms with E-state index in [1.54, 1.807) is 6.07 Å². The van der Waals surface area contributed by atoms with Crippen LogP contribution in [0.15, 0.2) is 29.3 Å². The summed E-state index contributed by atoms with van der Waals surface area (Å²) in [7, 11) is -2.44. The second-order valence-corrected chi connectivity index (χ2v) is 9.11. The standard InChI is InChI=1S/C21H19FN4O5S/c1-26-9-18-20(19(26)21(27)24-15-5-6-17(22)14(7-15)8-23)31-12-16(25-32(18,28)29)4-2-3-13-10-30-11-13/h5-7,9,13,16,25H,4,10-12H2,1H3,(H,24,27)/t16-/m1/s1. The van der Waals surface area contributed by atoms with Gasteiger partial charge in [-0.2, -0.15) is 5.26 Å². The van der Waals surface area contributed by atoms with Gasteiger partial charge in [0, 0.05) is 25.4 Å². The van der Waals surface area contributed by atoms with Crippen LogP contribution in [0.1, 0.15) is 22.5 Å². The van der Waals surface area contributed by atoms with E-state index in [4.69, 9.17) is 14.7 Å². The molecule has 11 heteroatoms. The molecule has 166 valence electrons. The maximum absolute atomic E-state index is 13.5. The molecular weight excluding hydrogens is 439 g/mol.